The standard InChI is InChI=1S/2C18H33P.C7H5.C5H5.2ClH.Fe.Ru/c2*1-4-10-16(11-5-1)19(17-12-6-2-7-13-17)18-14-8-3-9-15-18;1-2-7-5-3-4-6-7;1-2-4-5-3-1;;;;/h2*16-18H,1-15H2;2-6H;1-5H;2*1H;;/q;;;;;;2*+2/p-2. The zero-order chi connectivity index (χ0) is 36.8. The second kappa shape index (κ2) is 30.3. The van der Waals surface area contributed by atoms with E-state index < -0.39 is 13.5 Å². The monoisotopic (exact) mass is 942 g/mol. The van der Waals surface area contributed by atoms with Gasteiger partial charge in [0.1, 0.15) is 0 Å². The van der Waals surface area contributed by atoms with E-state index in [-0.39, 0.29) is 17.1 Å². The molecule has 0 aromatic heterocycles. The number of rotatable bonds is 7. The average molecular weight is 943 g/mol. The van der Waals surface area contributed by atoms with Crippen LogP contribution in [0.15, 0.2) is 6.08 Å². The summed E-state index contributed by atoms with van der Waals surface area (Å²) in [7, 11) is 11.9. The SMILES string of the molecule is C1CCC(P(C2CCCCC2)C2CCCCC2)CC1.C1CCC(P(C2CCCCC2)C2CCCCC2)CC1.[CH]1[CH][CH][CH][CH]1.[Cl][Ru]([Cl])=[C]=C[C]1[CH][CH][CH][CH]1.[Fe+2]. The Bertz CT molecular complexity index is 823. The minimum atomic E-state index is -1.71. The first-order chi connectivity index (χ1) is 26.2. The topological polar surface area (TPSA) is 0 Å². The van der Waals surface area contributed by atoms with Gasteiger partial charge in [0.25, 0.3) is 0 Å². The summed E-state index contributed by atoms with van der Waals surface area (Å²) >= 11 is -1.71. The van der Waals surface area contributed by atoms with Gasteiger partial charge in [-0.2, -0.15) is 0 Å². The van der Waals surface area contributed by atoms with Crippen LogP contribution in [0.1, 0.15) is 193 Å². The third-order valence-corrected chi connectivity index (χ3v) is 23.2. The molecule has 54 heavy (non-hydrogen) atoms. The number of halogens is 2. The summed E-state index contributed by atoms with van der Waals surface area (Å²) in [6, 6.07) is 0. The van der Waals surface area contributed by atoms with Crippen molar-refractivity contribution in [2.75, 3.05) is 0 Å². The van der Waals surface area contributed by atoms with Gasteiger partial charge in [-0.25, -0.2) is 0 Å². The molecule has 8 fully saturated rings. The predicted molar refractivity (Wildman–Crippen MR) is 238 cm³/mol. The van der Waals surface area contributed by atoms with Gasteiger partial charge < -0.3 is 0 Å². The van der Waals surface area contributed by atoms with E-state index in [2.05, 4.69) is 4.26 Å². The summed E-state index contributed by atoms with van der Waals surface area (Å²) < 4.78 is 2.90. The largest absolute Gasteiger partial charge is 2.00 e. The van der Waals surface area contributed by atoms with E-state index in [1.165, 1.54) is 72.5 Å². The van der Waals surface area contributed by atoms with Gasteiger partial charge in [0, 0.05) is 0 Å². The molecule has 306 valence electrons. The molecule has 0 spiro atoms. The maximum absolute atomic E-state index is 5.56. The van der Waals surface area contributed by atoms with E-state index in [1.807, 2.05) is 63.9 Å². The molecule has 0 amide bonds. The zero-order valence-electron chi connectivity index (χ0n) is 33.8. The fourth-order valence-electron chi connectivity index (χ4n) is 11.0. The Morgan fingerprint density at radius 2 is 0.611 bits per heavy atom. The van der Waals surface area contributed by atoms with Gasteiger partial charge in [-0.3, -0.25) is 0 Å². The van der Waals surface area contributed by atoms with Crippen LogP contribution in [0.2, 0.25) is 0 Å². The Kier molecular flexibility index (Phi) is 27.4. The molecule has 0 saturated heterocycles. The van der Waals surface area contributed by atoms with Gasteiger partial charge in [-0.1, -0.05) is 131 Å². The van der Waals surface area contributed by atoms with Crippen LogP contribution in [-0.2, 0) is 30.6 Å². The normalized spacial score (nSPS) is 26.3. The molecule has 6 heteroatoms. The molecule has 0 nitrogen and oxygen atoms in total. The van der Waals surface area contributed by atoms with Crippen LogP contribution in [0, 0.1) is 63.7 Å². The van der Waals surface area contributed by atoms with Crippen molar-refractivity contribution in [2.24, 2.45) is 0 Å². The molecule has 0 bridgehead atoms. The van der Waals surface area contributed by atoms with E-state index in [1.54, 1.807) is 154 Å². The summed E-state index contributed by atoms with van der Waals surface area (Å²) in [4.78, 5) is 0. The molecule has 0 aromatic carbocycles. The quantitative estimate of drug-likeness (QED) is 0.176. The molecule has 8 rings (SSSR count). The summed E-state index contributed by atoms with van der Waals surface area (Å²) in [5.41, 5.74) is 7.14. The predicted octanol–water partition coefficient (Wildman–Crippen LogP) is 16.2. The van der Waals surface area contributed by atoms with Crippen molar-refractivity contribution in [2.45, 2.75) is 227 Å². The van der Waals surface area contributed by atoms with Crippen molar-refractivity contribution in [3.05, 3.63) is 69.8 Å². The average Bonchev–Trinajstić information content (AvgIpc) is 3.99. The van der Waals surface area contributed by atoms with E-state index >= 15 is 0 Å². The Hall–Kier alpha value is 2.23. The fraction of sp³-hybridized carbons (Fsp3) is 0.750. The van der Waals surface area contributed by atoms with Crippen LogP contribution < -0.4 is 0 Å². The van der Waals surface area contributed by atoms with E-state index in [4.69, 9.17) is 19.4 Å². The van der Waals surface area contributed by atoms with E-state index in [9.17, 15) is 0 Å². The van der Waals surface area contributed by atoms with Crippen molar-refractivity contribution >= 4 is 39.5 Å². The molecule has 0 unspecified atom stereocenters. The van der Waals surface area contributed by atoms with Crippen molar-refractivity contribution in [3.8, 4) is 0 Å². The Morgan fingerprint density at radius 3 is 0.815 bits per heavy atom. The van der Waals surface area contributed by atoms with Crippen molar-refractivity contribution < 1.29 is 30.6 Å². The van der Waals surface area contributed by atoms with Gasteiger partial charge in [0.05, 0.1) is 0 Å². The minimum Gasteiger partial charge on any atom is 2.00 e. The minimum absolute atomic E-state index is 0. The molecule has 8 saturated carbocycles. The Labute approximate surface area is 363 Å². The zero-order valence-corrected chi connectivity index (χ0v) is 40.0. The second-order valence-corrected chi connectivity index (χ2v) is 28.8. The van der Waals surface area contributed by atoms with Crippen LogP contribution in [0.25, 0.3) is 0 Å². The van der Waals surface area contributed by atoms with Crippen molar-refractivity contribution in [1.29, 1.82) is 0 Å². The van der Waals surface area contributed by atoms with Gasteiger partial charge in [-0.15, -0.1) is 0 Å². The third-order valence-electron chi connectivity index (χ3n) is 13.5. The molecular formula is C48H76Cl2FeP2Ru+2. The molecule has 0 atom stereocenters. The number of hydrogen-bond donors (Lipinski definition) is 0. The molecule has 0 heterocycles. The molecular weight excluding hydrogens is 866 g/mol. The van der Waals surface area contributed by atoms with Gasteiger partial charge in [0.15, 0.2) is 0 Å². The third kappa shape index (κ3) is 18.5. The molecule has 10 radical (unpaired) electrons. The van der Waals surface area contributed by atoms with Crippen LogP contribution in [0.5, 0.6) is 0 Å². The van der Waals surface area contributed by atoms with Crippen molar-refractivity contribution in [3.63, 3.8) is 0 Å². The maximum atomic E-state index is 5.56. The summed E-state index contributed by atoms with van der Waals surface area (Å²) in [5, 5.41) is 0. The van der Waals surface area contributed by atoms with Crippen LogP contribution in [0.4, 0.5) is 0 Å². The second-order valence-electron chi connectivity index (χ2n) is 17.3. The van der Waals surface area contributed by atoms with Crippen LogP contribution in [0.3, 0.4) is 0 Å². The van der Waals surface area contributed by atoms with Crippen LogP contribution in [-0.4, -0.2) is 38.2 Å². The fourth-order valence-corrected chi connectivity index (χ4v) is 21.2. The molecule has 8 aliphatic carbocycles. The number of allylic oxidation sites excluding steroid dienone is 1. The van der Waals surface area contributed by atoms with Gasteiger partial charge in [-0.05, 0) is 143 Å². The smallest absolute Gasteiger partial charge is 2.00 e. The summed E-state index contributed by atoms with van der Waals surface area (Å²) in [6.45, 7) is 0. The van der Waals surface area contributed by atoms with E-state index in [0.717, 1.165) is 5.92 Å². The number of hydrogen-bond acceptors (Lipinski definition) is 0. The maximum Gasteiger partial charge on any atom is 2.00 e. The molecule has 0 aromatic rings. The molecule has 0 aliphatic heterocycles. The van der Waals surface area contributed by atoms with Crippen LogP contribution >= 0.6 is 35.2 Å². The Balaban J connectivity index is 0.000000174. The first-order valence-corrected chi connectivity index (χ1v) is 31.2. The van der Waals surface area contributed by atoms with Gasteiger partial charge >= 0.3 is 91.9 Å². The molecule has 8 aliphatic rings. The molecule has 0 N–H and O–H groups in total. The van der Waals surface area contributed by atoms with Crippen molar-refractivity contribution in [1.82, 2.24) is 0 Å². The Morgan fingerprint density at radius 1 is 0.389 bits per heavy atom. The summed E-state index contributed by atoms with van der Waals surface area (Å²) in [6.07, 6.45) is 67.0. The van der Waals surface area contributed by atoms with Gasteiger partial charge in [0.2, 0.25) is 0 Å². The first kappa shape index (κ1) is 48.9. The summed E-state index contributed by atoms with van der Waals surface area (Å²) in [5.74, 6) is 1.11. The van der Waals surface area contributed by atoms with E-state index in [0.29, 0.717) is 15.8 Å². The first-order valence-electron chi connectivity index (χ1n) is 22.7.